The van der Waals surface area contributed by atoms with Crippen molar-refractivity contribution in [3.63, 3.8) is 0 Å². The van der Waals surface area contributed by atoms with E-state index in [0.29, 0.717) is 11.4 Å². The van der Waals surface area contributed by atoms with Crippen molar-refractivity contribution in [1.29, 1.82) is 5.26 Å². The molecule has 0 bridgehead atoms. The molecule has 0 atom stereocenters. The number of imidazole rings is 1. The van der Waals surface area contributed by atoms with Crippen molar-refractivity contribution in [3.05, 3.63) is 96.4 Å². The summed E-state index contributed by atoms with van der Waals surface area (Å²) in [5.74, 6) is 1.57. The molecule has 3 aromatic carbocycles. The van der Waals surface area contributed by atoms with Gasteiger partial charge in [0.1, 0.15) is 11.9 Å². The number of thioether (sulfide) groups is 1. The Bertz CT molecular complexity index is 1440. The molecule has 5 aromatic rings. The third-order valence-corrected chi connectivity index (χ3v) is 6.16. The molecule has 0 aliphatic rings. The molecule has 0 saturated heterocycles. The summed E-state index contributed by atoms with van der Waals surface area (Å²) >= 11 is 1.81. The van der Waals surface area contributed by atoms with E-state index in [-0.39, 0.29) is 0 Å². The zero-order valence-corrected chi connectivity index (χ0v) is 18.9. The van der Waals surface area contributed by atoms with Gasteiger partial charge in [0.25, 0.3) is 0 Å². The normalized spacial score (nSPS) is 11.6. The summed E-state index contributed by atoms with van der Waals surface area (Å²) in [6.07, 6.45) is 3.81. The van der Waals surface area contributed by atoms with Crippen LogP contribution < -0.4 is 0 Å². The van der Waals surface area contributed by atoms with Gasteiger partial charge in [0.2, 0.25) is 0 Å². The number of rotatable bonds is 6. The number of para-hydroxylation sites is 3. The highest BCUT2D eigenvalue weighted by Crippen LogP contribution is 2.29. The number of nitriles is 1. The molecular formula is C27H21N5S. The molecule has 2 aromatic heterocycles. The fourth-order valence-electron chi connectivity index (χ4n) is 3.70. The van der Waals surface area contributed by atoms with Crippen LogP contribution in [0.3, 0.4) is 0 Å². The summed E-state index contributed by atoms with van der Waals surface area (Å²) < 4.78 is 1.85. The van der Waals surface area contributed by atoms with E-state index in [1.807, 2.05) is 71.6 Å². The lowest BCUT2D eigenvalue weighted by Gasteiger charge is -2.03. The van der Waals surface area contributed by atoms with Crippen LogP contribution >= 0.6 is 11.8 Å². The third-order valence-electron chi connectivity index (χ3n) is 5.27. The second-order valence-electron chi connectivity index (χ2n) is 7.44. The maximum atomic E-state index is 9.94. The summed E-state index contributed by atoms with van der Waals surface area (Å²) in [5, 5.41) is 14.8. The maximum Gasteiger partial charge on any atom is 0.149 e. The van der Waals surface area contributed by atoms with E-state index in [1.54, 1.807) is 11.8 Å². The van der Waals surface area contributed by atoms with Gasteiger partial charge in [0.15, 0.2) is 0 Å². The number of hydrogen-bond donors (Lipinski definition) is 1. The van der Waals surface area contributed by atoms with E-state index < -0.39 is 0 Å². The van der Waals surface area contributed by atoms with Crippen LogP contribution in [0.25, 0.3) is 39.6 Å². The first-order valence-electron chi connectivity index (χ1n) is 10.7. The van der Waals surface area contributed by atoms with Crippen LogP contribution in [0.15, 0.2) is 90.0 Å². The monoisotopic (exact) mass is 447 g/mol. The molecule has 0 amide bonds. The van der Waals surface area contributed by atoms with E-state index in [0.717, 1.165) is 39.3 Å². The number of aromatic amines is 1. The highest BCUT2D eigenvalue weighted by Gasteiger charge is 2.14. The fraction of sp³-hybridized carbons (Fsp3) is 0.0741. The van der Waals surface area contributed by atoms with Gasteiger partial charge in [-0.2, -0.15) is 10.4 Å². The molecule has 5 nitrogen and oxygen atoms in total. The zero-order valence-electron chi connectivity index (χ0n) is 18.1. The predicted octanol–water partition coefficient (Wildman–Crippen LogP) is 6.59. The Morgan fingerprint density at radius 1 is 1.03 bits per heavy atom. The largest absolute Gasteiger partial charge is 0.337 e. The predicted molar refractivity (Wildman–Crippen MR) is 135 cm³/mol. The molecular weight excluding hydrogens is 426 g/mol. The molecule has 6 heteroatoms. The summed E-state index contributed by atoms with van der Waals surface area (Å²) in [6.45, 7) is 2.14. The first kappa shape index (κ1) is 20.8. The van der Waals surface area contributed by atoms with Gasteiger partial charge in [-0.25, -0.2) is 9.67 Å². The average molecular weight is 448 g/mol. The minimum Gasteiger partial charge on any atom is -0.337 e. The SMILES string of the molecule is CCSc1ccc(-c2nn(-c3ccccc3)cc2C=C(C#N)c2nc3ccccc3[nH]2)cc1. The molecule has 160 valence electrons. The Labute approximate surface area is 196 Å². The second kappa shape index (κ2) is 9.19. The Morgan fingerprint density at radius 3 is 2.52 bits per heavy atom. The van der Waals surface area contributed by atoms with Crippen molar-refractivity contribution >= 4 is 34.4 Å². The lowest BCUT2D eigenvalue weighted by molar-refractivity contribution is 0.884. The highest BCUT2D eigenvalue weighted by molar-refractivity contribution is 7.99. The van der Waals surface area contributed by atoms with Gasteiger partial charge in [0, 0.05) is 22.2 Å². The summed E-state index contributed by atoms with van der Waals surface area (Å²) in [4.78, 5) is 9.08. The lowest BCUT2D eigenvalue weighted by Crippen LogP contribution is -1.93. The van der Waals surface area contributed by atoms with Crippen molar-refractivity contribution in [3.8, 4) is 23.0 Å². The van der Waals surface area contributed by atoms with Crippen LogP contribution in [0.5, 0.6) is 0 Å². The first-order chi connectivity index (χ1) is 16.2. The molecule has 0 aliphatic heterocycles. The number of benzene rings is 3. The topological polar surface area (TPSA) is 70.3 Å². The average Bonchev–Trinajstić information content (AvgIpc) is 3.48. The quantitative estimate of drug-likeness (QED) is 0.235. The molecule has 0 aliphatic carbocycles. The number of nitrogens with one attached hydrogen (secondary N) is 1. The van der Waals surface area contributed by atoms with Crippen molar-refractivity contribution in [2.45, 2.75) is 11.8 Å². The Balaban J connectivity index is 1.62. The van der Waals surface area contributed by atoms with Crippen molar-refractivity contribution < 1.29 is 0 Å². The number of hydrogen-bond acceptors (Lipinski definition) is 4. The van der Waals surface area contributed by atoms with Crippen LogP contribution in [0.2, 0.25) is 0 Å². The Hall–Kier alpha value is -4.08. The van der Waals surface area contributed by atoms with Gasteiger partial charge >= 0.3 is 0 Å². The van der Waals surface area contributed by atoms with E-state index in [2.05, 4.69) is 47.2 Å². The van der Waals surface area contributed by atoms with Crippen molar-refractivity contribution in [2.24, 2.45) is 0 Å². The highest BCUT2D eigenvalue weighted by atomic mass is 32.2. The first-order valence-corrected chi connectivity index (χ1v) is 11.7. The molecule has 0 fully saturated rings. The third kappa shape index (κ3) is 4.32. The van der Waals surface area contributed by atoms with Crippen LogP contribution in [0.4, 0.5) is 0 Å². The molecule has 5 rings (SSSR count). The fourth-order valence-corrected chi connectivity index (χ4v) is 4.36. The van der Waals surface area contributed by atoms with Crippen LogP contribution in [-0.2, 0) is 0 Å². The van der Waals surface area contributed by atoms with Gasteiger partial charge in [0.05, 0.1) is 28.0 Å². The minimum atomic E-state index is 0.457. The lowest BCUT2D eigenvalue weighted by atomic mass is 10.1. The van der Waals surface area contributed by atoms with Gasteiger partial charge in [-0.3, -0.25) is 0 Å². The van der Waals surface area contributed by atoms with Crippen LogP contribution in [0, 0.1) is 11.3 Å². The number of aromatic nitrogens is 4. The minimum absolute atomic E-state index is 0.457. The summed E-state index contributed by atoms with van der Waals surface area (Å²) in [6, 6.07) is 28.4. The second-order valence-corrected chi connectivity index (χ2v) is 8.78. The van der Waals surface area contributed by atoms with E-state index in [4.69, 9.17) is 5.10 Å². The molecule has 33 heavy (non-hydrogen) atoms. The zero-order chi connectivity index (χ0) is 22.6. The molecule has 2 heterocycles. The van der Waals surface area contributed by atoms with Crippen LogP contribution in [-0.4, -0.2) is 25.5 Å². The molecule has 0 saturated carbocycles. The summed E-state index contributed by atoms with van der Waals surface area (Å²) in [7, 11) is 0. The van der Waals surface area contributed by atoms with E-state index in [9.17, 15) is 5.26 Å². The smallest absolute Gasteiger partial charge is 0.149 e. The van der Waals surface area contributed by atoms with E-state index >= 15 is 0 Å². The number of allylic oxidation sites excluding steroid dienone is 1. The van der Waals surface area contributed by atoms with Crippen molar-refractivity contribution in [1.82, 2.24) is 19.7 Å². The van der Waals surface area contributed by atoms with E-state index in [1.165, 1.54) is 4.90 Å². The van der Waals surface area contributed by atoms with Crippen LogP contribution in [0.1, 0.15) is 18.3 Å². The standard InChI is InChI=1S/C27H21N5S/c1-2-33-23-14-12-19(13-15-23)26-21(18-32(31-26)22-8-4-3-5-9-22)16-20(17-28)27-29-24-10-6-7-11-25(24)30-27/h3-16,18H,2H2,1H3,(H,29,30). The molecule has 0 radical (unpaired) electrons. The van der Waals surface area contributed by atoms with Gasteiger partial charge in [-0.1, -0.05) is 49.4 Å². The maximum absolute atomic E-state index is 9.94. The Kier molecular flexibility index (Phi) is 5.79. The molecule has 0 spiro atoms. The van der Waals surface area contributed by atoms with Gasteiger partial charge < -0.3 is 4.98 Å². The number of nitrogens with zero attached hydrogens (tertiary/aromatic N) is 4. The van der Waals surface area contributed by atoms with Crippen molar-refractivity contribution in [2.75, 3.05) is 5.75 Å². The van der Waals surface area contributed by atoms with Gasteiger partial charge in [-0.15, -0.1) is 11.8 Å². The summed E-state index contributed by atoms with van der Waals surface area (Å²) in [5.41, 5.74) is 5.81. The number of fused-ring (bicyclic) bond motifs is 1. The Morgan fingerprint density at radius 2 is 1.79 bits per heavy atom. The number of H-pyrrole nitrogens is 1. The molecule has 0 unspecified atom stereocenters. The van der Waals surface area contributed by atoms with Gasteiger partial charge in [-0.05, 0) is 48.2 Å². The molecule has 1 N–H and O–H groups in total.